The molecule has 3 nitrogen and oxygen atoms in total. The Kier molecular flexibility index (Phi) is 5.46. The van der Waals surface area contributed by atoms with Crippen molar-refractivity contribution in [2.24, 2.45) is 11.8 Å². The summed E-state index contributed by atoms with van der Waals surface area (Å²) >= 11 is 0. The Bertz CT molecular complexity index is 217. The van der Waals surface area contributed by atoms with E-state index in [1.807, 2.05) is 6.08 Å². The molecule has 5 atom stereocenters. The topological polar surface area (TPSA) is 49.7 Å². The first-order valence-corrected chi connectivity index (χ1v) is 6.19. The van der Waals surface area contributed by atoms with E-state index in [-0.39, 0.29) is 18.8 Å². The van der Waals surface area contributed by atoms with Gasteiger partial charge in [-0.15, -0.1) is 6.58 Å². The number of ether oxygens (including phenoxy) is 1. The molecule has 16 heavy (non-hydrogen) atoms. The Hall–Kier alpha value is -0.380. The summed E-state index contributed by atoms with van der Waals surface area (Å²) in [5.74, 6) is 0.977. The van der Waals surface area contributed by atoms with E-state index >= 15 is 0 Å². The Labute approximate surface area is 98.1 Å². The average molecular weight is 228 g/mol. The Morgan fingerprint density at radius 2 is 2.12 bits per heavy atom. The molecule has 1 aliphatic rings. The van der Waals surface area contributed by atoms with Gasteiger partial charge in [-0.25, -0.2) is 0 Å². The molecule has 0 radical (unpaired) electrons. The van der Waals surface area contributed by atoms with Crippen molar-refractivity contribution in [2.75, 3.05) is 6.61 Å². The molecule has 0 unspecified atom stereocenters. The average Bonchev–Trinajstić information content (AvgIpc) is 2.56. The molecule has 0 bridgehead atoms. The lowest BCUT2D eigenvalue weighted by Gasteiger charge is -2.19. The van der Waals surface area contributed by atoms with Crippen LogP contribution in [-0.4, -0.2) is 35.1 Å². The summed E-state index contributed by atoms with van der Waals surface area (Å²) in [7, 11) is 0. The highest BCUT2D eigenvalue weighted by atomic mass is 16.5. The Balaban J connectivity index is 2.58. The summed E-state index contributed by atoms with van der Waals surface area (Å²) in [6.07, 6.45) is 4.02. The molecule has 1 saturated heterocycles. The number of aliphatic hydroxyl groups is 2. The van der Waals surface area contributed by atoms with Crippen LogP contribution >= 0.6 is 0 Å². The van der Waals surface area contributed by atoms with Gasteiger partial charge in [0.05, 0.1) is 24.9 Å². The number of aliphatic hydroxyl groups excluding tert-OH is 2. The summed E-state index contributed by atoms with van der Waals surface area (Å²) in [4.78, 5) is 0. The Morgan fingerprint density at radius 3 is 2.62 bits per heavy atom. The molecule has 94 valence electrons. The lowest BCUT2D eigenvalue weighted by molar-refractivity contribution is -0.0116. The second kappa shape index (κ2) is 6.38. The van der Waals surface area contributed by atoms with Crippen LogP contribution in [0.2, 0.25) is 0 Å². The van der Waals surface area contributed by atoms with Crippen molar-refractivity contribution in [3.63, 3.8) is 0 Å². The zero-order valence-corrected chi connectivity index (χ0v) is 10.3. The normalized spacial score (nSPS) is 36.2. The molecule has 1 rings (SSSR count). The quantitative estimate of drug-likeness (QED) is 0.681. The van der Waals surface area contributed by atoms with Crippen LogP contribution in [0, 0.1) is 11.8 Å². The van der Waals surface area contributed by atoms with Crippen molar-refractivity contribution >= 4 is 0 Å². The number of hydrogen-bond acceptors (Lipinski definition) is 3. The van der Waals surface area contributed by atoms with E-state index < -0.39 is 6.10 Å². The molecule has 0 aromatic carbocycles. The van der Waals surface area contributed by atoms with Gasteiger partial charge in [-0.3, -0.25) is 0 Å². The number of hydrogen-bond donors (Lipinski definition) is 2. The van der Waals surface area contributed by atoms with Gasteiger partial charge in [0.15, 0.2) is 0 Å². The molecular formula is C13H24O3. The van der Waals surface area contributed by atoms with E-state index in [2.05, 4.69) is 20.4 Å². The van der Waals surface area contributed by atoms with Gasteiger partial charge in [0.2, 0.25) is 0 Å². The minimum Gasteiger partial charge on any atom is -0.394 e. The summed E-state index contributed by atoms with van der Waals surface area (Å²) in [5, 5.41) is 18.3. The van der Waals surface area contributed by atoms with Gasteiger partial charge in [0, 0.05) is 6.42 Å². The van der Waals surface area contributed by atoms with Crippen molar-refractivity contribution in [1.82, 2.24) is 0 Å². The van der Waals surface area contributed by atoms with Gasteiger partial charge >= 0.3 is 0 Å². The lowest BCUT2D eigenvalue weighted by atomic mass is 9.84. The van der Waals surface area contributed by atoms with Crippen LogP contribution in [0.5, 0.6) is 0 Å². The van der Waals surface area contributed by atoms with Gasteiger partial charge in [0.1, 0.15) is 0 Å². The highest BCUT2D eigenvalue weighted by molar-refractivity contribution is 4.91. The standard InChI is InChI=1S/C13H24O3/c1-4-6-12-11(5-2)9(3)13(16-12)7-10(15)8-14/h4,9-15H,1,5-8H2,2-3H3/t9-,10+,11-,12+,13-/m1/s1. The van der Waals surface area contributed by atoms with Crippen LogP contribution in [-0.2, 0) is 4.74 Å². The molecule has 0 aliphatic carbocycles. The molecule has 0 aromatic rings. The van der Waals surface area contributed by atoms with Crippen LogP contribution in [0.4, 0.5) is 0 Å². The molecule has 1 aliphatic heterocycles. The van der Waals surface area contributed by atoms with Crippen LogP contribution in [0.3, 0.4) is 0 Å². The van der Waals surface area contributed by atoms with Gasteiger partial charge in [-0.2, -0.15) is 0 Å². The van der Waals surface area contributed by atoms with E-state index in [4.69, 9.17) is 9.84 Å². The van der Waals surface area contributed by atoms with Crippen molar-refractivity contribution < 1.29 is 14.9 Å². The molecule has 3 heteroatoms. The second-order valence-electron chi connectivity index (χ2n) is 4.74. The van der Waals surface area contributed by atoms with Crippen LogP contribution in [0.25, 0.3) is 0 Å². The van der Waals surface area contributed by atoms with Gasteiger partial charge < -0.3 is 14.9 Å². The van der Waals surface area contributed by atoms with Gasteiger partial charge in [-0.1, -0.05) is 26.3 Å². The maximum atomic E-state index is 9.46. The molecular weight excluding hydrogens is 204 g/mol. The summed E-state index contributed by atoms with van der Waals surface area (Å²) in [6, 6.07) is 0. The third-order valence-corrected chi connectivity index (χ3v) is 3.67. The van der Waals surface area contributed by atoms with E-state index in [0.29, 0.717) is 18.3 Å². The van der Waals surface area contributed by atoms with E-state index in [1.54, 1.807) is 0 Å². The predicted molar refractivity (Wildman–Crippen MR) is 64.1 cm³/mol. The van der Waals surface area contributed by atoms with Crippen molar-refractivity contribution in [3.8, 4) is 0 Å². The summed E-state index contributed by atoms with van der Waals surface area (Å²) in [5.41, 5.74) is 0. The zero-order chi connectivity index (χ0) is 12.1. The fourth-order valence-corrected chi connectivity index (χ4v) is 2.71. The highest BCUT2D eigenvalue weighted by Gasteiger charge is 2.40. The van der Waals surface area contributed by atoms with Gasteiger partial charge in [-0.05, 0) is 18.3 Å². The third-order valence-electron chi connectivity index (χ3n) is 3.67. The smallest absolute Gasteiger partial charge is 0.0795 e. The van der Waals surface area contributed by atoms with Crippen molar-refractivity contribution in [2.45, 2.75) is 51.4 Å². The van der Waals surface area contributed by atoms with Crippen LogP contribution in [0.1, 0.15) is 33.1 Å². The zero-order valence-electron chi connectivity index (χ0n) is 10.3. The minimum absolute atomic E-state index is 0.0667. The molecule has 1 heterocycles. The molecule has 2 N–H and O–H groups in total. The fourth-order valence-electron chi connectivity index (χ4n) is 2.71. The fraction of sp³-hybridized carbons (Fsp3) is 0.846. The number of rotatable bonds is 6. The third kappa shape index (κ3) is 3.06. The monoisotopic (exact) mass is 228 g/mol. The SMILES string of the molecule is C=CC[C@@H]1O[C@H](C[C@H](O)CO)[C@H](C)[C@H]1CC. The molecule has 0 aromatic heterocycles. The Morgan fingerprint density at radius 1 is 1.44 bits per heavy atom. The molecule has 0 amide bonds. The highest BCUT2D eigenvalue weighted by Crippen LogP contribution is 2.38. The summed E-state index contributed by atoms with van der Waals surface area (Å²) < 4.78 is 5.95. The van der Waals surface area contributed by atoms with E-state index in [1.165, 1.54) is 0 Å². The second-order valence-corrected chi connectivity index (χ2v) is 4.74. The van der Waals surface area contributed by atoms with Crippen molar-refractivity contribution in [3.05, 3.63) is 12.7 Å². The predicted octanol–water partition coefficient (Wildman–Crippen LogP) is 1.74. The first-order chi connectivity index (χ1) is 7.63. The maximum Gasteiger partial charge on any atom is 0.0795 e. The molecule has 0 saturated carbocycles. The molecule has 1 fully saturated rings. The van der Waals surface area contributed by atoms with Crippen LogP contribution < -0.4 is 0 Å². The van der Waals surface area contributed by atoms with Gasteiger partial charge in [0.25, 0.3) is 0 Å². The lowest BCUT2D eigenvalue weighted by Crippen LogP contribution is -2.25. The van der Waals surface area contributed by atoms with E-state index in [9.17, 15) is 5.11 Å². The largest absolute Gasteiger partial charge is 0.394 e. The van der Waals surface area contributed by atoms with E-state index in [0.717, 1.165) is 12.8 Å². The summed E-state index contributed by atoms with van der Waals surface area (Å²) in [6.45, 7) is 7.91. The maximum absolute atomic E-state index is 9.46. The van der Waals surface area contributed by atoms with Crippen molar-refractivity contribution in [1.29, 1.82) is 0 Å². The van der Waals surface area contributed by atoms with Crippen LogP contribution in [0.15, 0.2) is 12.7 Å². The first kappa shape index (κ1) is 13.7. The molecule has 0 spiro atoms. The minimum atomic E-state index is -0.660. The first-order valence-electron chi connectivity index (χ1n) is 6.19.